The van der Waals surface area contributed by atoms with Crippen molar-refractivity contribution in [2.24, 2.45) is 5.92 Å². The van der Waals surface area contributed by atoms with E-state index in [4.69, 9.17) is 4.74 Å². The monoisotopic (exact) mass is 343 g/mol. The molecular weight excluding hydrogens is 322 g/mol. The molecule has 2 N–H and O–H groups in total. The van der Waals surface area contributed by atoms with Crippen LogP contribution >= 0.6 is 12.4 Å². The molecule has 0 aliphatic carbocycles. The molecule has 1 saturated heterocycles. The van der Waals surface area contributed by atoms with Crippen molar-refractivity contribution in [1.29, 1.82) is 0 Å². The second-order valence-electron chi connectivity index (χ2n) is 5.40. The first kappa shape index (κ1) is 19.2. The van der Waals surface area contributed by atoms with E-state index in [9.17, 15) is 14.9 Å². The van der Waals surface area contributed by atoms with Gasteiger partial charge in [0.05, 0.1) is 12.0 Å². The van der Waals surface area contributed by atoms with Gasteiger partial charge in [-0.25, -0.2) is 0 Å². The van der Waals surface area contributed by atoms with E-state index in [1.165, 1.54) is 25.3 Å². The summed E-state index contributed by atoms with van der Waals surface area (Å²) in [5, 5.41) is 17.1. The highest BCUT2D eigenvalue weighted by molar-refractivity contribution is 5.98. The zero-order chi connectivity index (χ0) is 15.9. The number of methoxy groups -OCH3 is 1. The fraction of sp³-hybridized carbons (Fsp3) is 0.533. The molecule has 0 aromatic heterocycles. The fourth-order valence-corrected chi connectivity index (χ4v) is 2.64. The Labute approximate surface area is 141 Å². The zero-order valence-electron chi connectivity index (χ0n) is 13.0. The second-order valence-corrected chi connectivity index (χ2v) is 5.40. The number of carbonyl (C=O) groups excluding carboxylic acids is 1. The lowest BCUT2D eigenvalue weighted by atomic mass is 9.96. The lowest BCUT2D eigenvalue weighted by molar-refractivity contribution is -0.385. The van der Waals surface area contributed by atoms with Gasteiger partial charge in [0, 0.05) is 12.6 Å². The Kier molecular flexibility index (Phi) is 7.77. The SMILES string of the molecule is COc1ccc([N+](=O)[O-])c(C(=O)NCCC2CCCNC2)c1.Cl. The molecule has 0 saturated carbocycles. The van der Waals surface area contributed by atoms with Gasteiger partial charge >= 0.3 is 0 Å². The van der Waals surface area contributed by atoms with Gasteiger partial charge in [-0.15, -0.1) is 12.4 Å². The first-order chi connectivity index (χ1) is 10.6. The number of hydrogen-bond acceptors (Lipinski definition) is 5. The van der Waals surface area contributed by atoms with E-state index in [0.29, 0.717) is 18.2 Å². The van der Waals surface area contributed by atoms with Crippen LogP contribution in [-0.4, -0.2) is 37.6 Å². The number of nitro groups is 1. The predicted molar refractivity (Wildman–Crippen MR) is 89.4 cm³/mol. The van der Waals surface area contributed by atoms with Crippen molar-refractivity contribution in [3.05, 3.63) is 33.9 Å². The Morgan fingerprint density at radius 2 is 2.30 bits per heavy atom. The fourth-order valence-electron chi connectivity index (χ4n) is 2.64. The van der Waals surface area contributed by atoms with Crippen LogP contribution in [0, 0.1) is 16.0 Å². The zero-order valence-corrected chi connectivity index (χ0v) is 13.9. The molecule has 1 heterocycles. The van der Waals surface area contributed by atoms with Crippen LogP contribution in [0.3, 0.4) is 0 Å². The summed E-state index contributed by atoms with van der Waals surface area (Å²) < 4.78 is 5.03. The largest absolute Gasteiger partial charge is 0.497 e. The molecule has 128 valence electrons. The molecule has 1 atom stereocenters. The van der Waals surface area contributed by atoms with Crippen LogP contribution in [0.5, 0.6) is 5.75 Å². The van der Waals surface area contributed by atoms with Crippen molar-refractivity contribution in [2.75, 3.05) is 26.7 Å². The van der Waals surface area contributed by atoms with Gasteiger partial charge in [-0.05, 0) is 50.4 Å². The van der Waals surface area contributed by atoms with Crippen molar-refractivity contribution in [1.82, 2.24) is 10.6 Å². The van der Waals surface area contributed by atoms with Gasteiger partial charge in [-0.2, -0.15) is 0 Å². The predicted octanol–water partition coefficient (Wildman–Crippen LogP) is 2.14. The lowest BCUT2D eigenvalue weighted by Gasteiger charge is -2.22. The maximum Gasteiger partial charge on any atom is 0.282 e. The normalized spacial score (nSPS) is 17.0. The maximum absolute atomic E-state index is 12.2. The van der Waals surface area contributed by atoms with Crippen LogP contribution < -0.4 is 15.4 Å². The maximum atomic E-state index is 12.2. The summed E-state index contributed by atoms with van der Waals surface area (Å²) in [6, 6.07) is 4.16. The number of benzene rings is 1. The molecule has 1 fully saturated rings. The standard InChI is InChI=1S/C15H21N3O4.ClH/c1-22-12-4-5-14(18(20)21)13(9-12)15(19)17-8-6-11-3-2-7-16-10-11;/h4-5,9,11,16H,2-3,6-8,10H2,1H3,(H,17,19);1H. The van der Waals surface area contributed by atoms with E-state index in [1.807, 2.05) is 0 Å². The van der Waals surface area contributed by atoms with E-state index in [1.54, 1.807) is 0 Å². The van der Waals surface area contributed by atoms with Crippen molar-refractivity contribution in [3.8, 4) is 5.75 Å². The molecule has 1 aromatic rings. The van der Waals surface area contributed by atoms with Crippen LogP contribution in [0.4, 0.5) is 5.69 Å². The molecule has 0 radical (unpaired) electrons. The molecule has 8 heteroatoms. The van der Waals surface area contributed by atoms with Gasteiger partial charge in [0.25, 0.3) is 11.6 Å². The van der Waals surface area contributed by atoms with Gasteiger partial charge in [0.15, 0.2) is 0 Å². The number of amides is 1. The summed E-state index contributed by atoms with van der Waals surface area (Å²) >= 11 is 0. The number of nitrogens with one attached hydrogen (secondary N) is 2. The summed E-state index contributed by atoms with van der Waals surface area (Å²) in [5.74, 6) is 0.538. The second kappa shape index (κ2) is 9.32. The first-order valence-electron chi connectivity index (χ1n) is 7.43. The highest BCUT2D eigenvalue weighted by Gasteiger charge is 2.21. The van der Waals surface area contributed by atoms with Crippen LogP contribution in [-0.2, 0) is 0 Å². The first-order valence-corrected chi connectivity index (χ1v) is 7.43. The average Bonchev–Trinajstić information content (AvgIpc) is 2.55. The Morgan fingerprint density at radius 1 is 1.52 bits per heavy atom. The molecule has 1 aliphatic rings. The average molecular weight is 344 g/mol. The summed E-state index contributed by atoms with van der Waals surface area (Å²) in [4.78, 5) is 22.7. The van der Waals surface area contributed by atoms with E-state index >= 15 is 0 Å². The molecule has 0 bridgehead atoms. The molecule has 1 aromatic carbocycles. The van der Waals surface area contributed by atoms with E-state index in [2.05, 4.69) is 10.6 Å². The quantitative estimate of drug-likeness (QED) is 0.609. The minimum Gasteiger partial charge on any atom is -0.497 e. The number of carbonyl (C=O) groups is 1. The number of ether oxygens (including phenoxy) is 1. The molecule has 1 aliphatic heterocycles. The molecule has 1 amide bonds. The minimum atomic E-state index is -0.556. The highest BCUT2D eigenvalue weighted by Crippen LogP contribution is 2.24. The molecular formula is C15H22ClN3O4. The number of rotatable bonds is 6. The molecule has 7 nitrogen and oxygen atoms in total. The summed E-state index contributed by atoms with van der Waals surface area (Å²) in [5.41, 5.74) is -0.177. The van der Waals surface area contributed by atoms with E-state index in [0.717, 1.165) is 32.4 Å². The Bertz CT molecular complexity index is 548. The van der Waals surface area contributed by atoms with Crippen LogP contribution in [0.2, 0.25) is 0 Å². The number of piperidine rings is 1. The Balaban J connectivity index is 0.00000264. The topological polar surface area (TPSA) is 93.5 Å². The van der Waals surface area contributed by atoms with Crippen LogP contribution in [0.25, 0.3) is 0 Å². The smallest absolute Gasteiger partial charge is 0.282 e. The third kappa shape index (κ3) is 5.37. The number of halogens is 1. The van der Waals surface area contributed by atoms with E-state index in [-0.39, 0.29) is 23.7 Å². The van der Waals surface area contributed by atoms with Crippen molar-refractivity contribution >= 4 is 24.0 Å². The van der Waals surface area contributed by atoms with Gasteiger partial charge in [0.2, 0.25) is 0 Å². The number of nitro benzene ring substituents is 1. The van der Waals surface area contributed by atoms with Gasteiger partial charge in [0.1, 0.15) is 11.3 Å². The summed E-state index contributed by atoms with van der Waals surface area (Å²) in [6.07, 6.45) is 3.18. The van der Waals surface area contributed by atoms with E-state index < -0.39 is 10.8 Å². The van der Waals surface area contributed by atoms with Gasteiger partial charge in [-0.3, -0.25) is 14.9 Å². The highest BCUT2D eigenvalue weighted by atomic mass is 35.5. The third-order valence-electron chi connectivity index (χ3n) is 3.88. The molecule has 1 unspecified atom stereocenters. The van der Waals surface area contributed by atoms with Crippen LogP contribution in [0.1, 0.15) is 29.6 Å². The summed E-state index contributed by atoms with van der Waals surface area (Å²) in [6.45, 7) is 2.54. The van der Waals surface area contributed by atoms with Crippen LogP contribution in [0.15, 0.2) is 18.2 Å². The molecule has 23 heavy (non-hydrogen) atoms. The molecule has 2 rings (SSSR count). The van der Waals surface area contributed by atoms with Gasteiger partial charge in [-0.1, -0.05) is 0 Å². The Hall–Kier alpha value is -1.86. The third-order valence-corrected chi connectivity index (χ3v) is 3.88. The van der Waals surface area contributed by atoms with Crippen molar-refractivity contribution in [3.63, 3.8) is 0 Å². The number of nitrogens with zero attached hydrogens (tertiary/aromatic N) is 1. The van der Waals surface area contributed by atoms with Gasteiger partial charge < -0.3 is 15.4 Å². The van der Waals surface area contributed by atoms with Crippen molar-refractivity contribution < 1.29 is 14.5 Å². The molecule has 0 spiro atoms. The van der Waals surface area contributed by atoms with Crippen molar-refractivity contribution in [2.45, 2.75) is 19.3 Å². The summed E-state index contributed by atoms with van der Waals surface area (Å²) in [7, 11) is 1.46. The minimum absolute atomic E-state index is 0. The Morgan fingerprint density at radius 3 is 2.91 bits per heavy atom. The number of hydrogen-bond donors (Lipinski definition) is 2. The lowest BCUT2D eigenvalue weighted by Crippen LogP contribution is -2.33.